The Morgan fingerprint density at radius 2 is 1.66 bits per heavy atom. The smallest absolute Gasteiger partial charge is 0.387 e. The molecule has 3 rings (SSSR count). The molecule has 0 unspecified atom stereocenters. The fraction of sp³-hybridized carbons (Fsp3) is 0.409. The molecule has 0 atom stereocenters. The average molecular weight is 404 g/mol. The summed E-state index contributed by atoms with van der Waals surface area (Å²) >= 11 is 0. The maximum atomic E-state index is 12.4. The number of ether oxygens (including phenoxy) is 2. The standard InChI is InChI=1S/C22H26F2N2O3/c1-25(15-17-7-10-19(29-22(23)24)20(13-17)28-2)14-16-5-8-18(9-6-16)21(27)26-11-3-4-12-26/h5-10,13,22H,3-4,11-12,14-15H2,1-2H3. The fourth-order valence-corrected chi connectivity index (χ4v) is 3.54. The van der Waals surface area contributed by atoms with Crippen molar-refractivity contribution < 1.29 is 23.0 Å². The predicted octanol–water partition coefficient (Wildman–Crippen LogP) is 4.16. The Kier molecular flexibility index (Phi) is 7.04. The predicted molar refractivity (Wildman–Crippen MR) is 106 cm³/mol. The van der Waals surface area contributed by atoms with Gasteiger partial charge in [0.15, 0.2) is 11.5 Å². The lowest BCUT2D eigenvalue weighted by Gasteiger charge is -2.19. The van der Waals surface area contributed by atoms with Crippen LogP contribution >= 0.6 is 0 Å². The molecule has 156 valence electrons. The van der Waals surface area contributed by atoms with E-state index in [1.807, 2.05) is 36.2 Å². The van der Waals surface area contributed by atoms with Crippen LogP contribution in [-0.4, -0.2) is 49.6 Å². The van der Waals surface area contributed by atoms with Crippen LogP contribution in [-0.2, 0) is 13.1 Å². The van der Waals surface area contributed by atoms with E-state index in [1.54, 1.807) is 12.1 Å². The molecule has 0 aromatic heterocycles. The summed E-state index contributed by atoms with van der Waals surface area (Å²) in [5, 5.41) is 0. The number of carbonyl (C=O) groups excluding carboxylic acids is 1. The van der Waals surface area contributed by atoms with Crippen molar-refractivity contribution in [3.05, 3.63) is 59.2 Å². The van der Waals surface area contributed by atoms with Gasteiger partial charge in [-0.25, -0.2) is 0 Å². The summed E-state index contributed by atoms with van der Waals surface area (Å²) in [6.07, 6.45) is 2.16. The highest BCUT2D eigenvalue weighted by Gasteiger charge is 2.19. The van der Waals surface area contributed by atoms with E-state index in [0.29, 0.717) is 13.1 Å². The summed E-state index contributed by atoms with van der Waals surface area (Å²) in [6, 6.07) is 12.6. The molecule has 2 aromatic rings. The van der Waals surface area contributed by atoms with Crippen LogP contribution in [0.4, 0.5) is 8.78 Å². The van der Waals surface area contributed by atoms with Crippen LogP contribution in [0.3, 0.4) is 0 Å². The van der Waals surface area contributed by atoms with Crippen LogP contribution in [0.1, 0.15) is 34.3 Å². The molecule has 2 aromatic carbocycles. The number of hydrogen-bond acceptors (Lipinski definition) is 4. The minimum Gasteiger partial charge on any atom is -0.493 e. The van der Waals surface area contributed by atoms with E-state index in [-0.39, 0.29) is 17.4 Å². The summed E-state index contributed by atoms with van der Waals surface area (Å²) in [7, 11) is 3.39. The quantitative estimate of drug-likeness (QED) is 0.663. The molecule has 1 aliphatic rings. The first-order valence-electron chi connectivity index (χ1n) is 9.64. The van der Waals surface area contributed by atoms with Gasteiger partial charge in [-0.2, -0.15) is 8.78 Å². The molecule has 1 aliphatic heterocycles. The first-order chi connectivity index (χ1) is 14.0. The molecule has 0 aliphatic carbocycles. The lowest BCUT2D eigenvalue weighted by atomic mass is 10.1. The molecular weight excluding hydrogens is 378 g/mol. The molecule has 1 heterocycles. The second-order valence-electron chi connectivity index (χ2n) is 7.23. The van der Waals surface area contributed by atoms with E-state index in [2.05, 4.69) is 9.64 Å². The molecule has 0 spiro atoms. The number of halogens is 2. The highest BCUT2D eigenvalue weighted by Crippen LogP contribution is 2.30. The third kappa shape index (κ3) is 5.67. The van der Waals surface area contributed by atoms with Gasteiger partial charge in [0.2, 0.25) is 0 Å². The Labute approximate surface area is 169 Å². The third-order valence-corrected chi connectivity index (χ3v) is 4.94. The van der Waals surface area contributed by atoms with Gasteiger partial charge in [0.1, 0.15) is 0 Å². The lowest BCUT2D eigenvalue weighted by Crippen LogP contribution is -2.27. The number of benzene rings is 2. The van der Waals surface area contributed by atoms with E-state index >= 15 is 0 Å². The summed E-state index contributed by atoms with van der Waals surface area (Å²) in [5.74, 6) is 0.397. The molecule has 1 saturated heterocycles. The van der Waals surface area contributed by atoms with Crippen LogP contribution in [0, 0.1) is 0 Å². The van der Waals surface area contributed by atoms with Gasteiger partial charge in [0.05, 0.1) is 7.11 Å². The molecule has 5 nitrogen and oxygen atoms in total. The Hall–Kier alpha value is -2.67. The fourth-order valence-electron chi connectivity index (χ4n) is 3.54. The van der Waals surface area contributed by atoms with Gasteiger partial charge in [-0.1, -0.05) is 18.2 Å². The number of methoxy groups -OCH3 is 1. The lowest BCUT2D eigenvalue weighted by molar-refractivity contribution is -0.0512. The van der Waals surface area contributed by atoms with Crippen molar-refractivity contribution in [3.63, 3.8) is 0 Å². The van der Waals surface area contributed by atoms with Gasteiger partial charge in [-0.05, 0) is 55.3 Å². The monoisotopic (exact) mass is 404 g/mol. The number of carbonyl (C=O) groups is 1. The van der Waals surface area contributed by atoms with Crippen molar-refractivity contribution in [2.24, 2.45) is 0 Å². The van der Waals surface area contributed by atoms with Crippen LogP contribution in [0.15, 0.2) is 42.5 Å². The second-order valence-corrected chi connectivity index (χ2v) is 7.23. The highest BCUT2D eigenvalue weighted by molar-refractivity contribution is 5.94. The van der Waals surface area contributed by atoms with Gasteiger partial charge in [-0.3, -0.25) is 9.69 Å². The van der Waals surface area contributed by atoms with E-state index in [0.717, 1.165) is 42.6 Å². The summed E-state index contributed by atoms with van der Waals surface area (Å²) < 4.78 is 34.5. The minimum atomic E-state index is -2.89. The molecule has 1 amide bonds. The zero-order valence-corrected chi connectivity index (χ0v) is 16.7. The van der Waals surface area contributed by atoms with Gasteiger partial charge >= 0.3 is 6.61 Å². The Balaban J connectivity index is 1.58. The Morgan fingerprint density at radius 3 is 2.28 bits per heavy atom. The van der Waals surface area contributed by atoms with E-state index in [4.69, 9.17) is 4.74 Å². The zero-order valence-electron chi connectivity index (χ0n) is 16.7. The molecule has 0 N–H and O–H groups in total. The van der Waals surface area contributed by atoms with Crippen LogP contribution in [0.2, 0.25) is 0 Å². The first-order valence-corrected chi connectivity index (χ1v) is 9.64. The SMILES string of the molecule is COc1cc(CN(C)Cc2ccc(C(=O)N3CCCC3)cc2)ccc1OC(F)F. The molecule has 7 heteroatoms. The second kappa shape index (κ2) is 9.69. The van der Waals surface area contributed by atoms with Gasteiger partial charge < -0.3 is 14.4 Å². The minimum absolute atomic E-state index is 0.0205. The average Bonchev–Trinajstić information content (AvgIpc) is 3.23. The normalized spacial score (nSPS) is 13.9. The van der Waals surface area contributed by atoms with Crippen molar-refractivity contribution in [1.29, 1.82) is 0 Å². The largest absolute Gasteiger partial charge is 0.493 e. The molecule has 0 bridgehead atoms. The van der Waals surface area contributed by atoms with Crippen LogP contribution in [0.5, 0.6) is 11.5 Å². The third-order valence-electron chi connectivity index (χ3n) is 4.94. The van der Waals surface area contributed by atoms with Crippen molar-refractivity contribution in [2.75, 3.05) is 27.2 Å². The molecule has 1 fully saturated rings. The molecule has 0 saturated carbocycles. The number of hydrogen-bond donors (Lipinski definition) is 0. The van der Waals surface area contributed by atoms with E-state index in [9.17, 15) is 13.6 Å². The zero-order chi connectivity index (χ0) is 20.8. The van der Waals surface area contributed by atoms with Crippen molar-refractivity contribution >= 4 is 5.91 Å². The van der Waals surface area contributed by atoms with Gasteiger partial charge in [-0.15, -0.1) is 0 Å². The maximum Gasteiger partial charge on any atom is 0.387 e. The molecule has 29 heavy (non-hydrogen) atoms. The summed E-state index contributed by atoms with van der Waals surface area (Å²) in [5.41, 5.74) is 2.74. The van der Waals surface area contributed by atoms with E-state index < -0.39 is 6.61 Å². The van der Waals surface area contributed by atoms with Crippen LogP contribution in [0.25, 0.3) is 0 Å². The summed E-state index contributed by atoms with van der Waals surface area (Å²) in [6.45, 7) is 0.0926. The van der Waals surface area contributed by atoms with Crippen LogP contribution < -0.4 is 9.47 Å². The molecule has 0 radical (unpaired) electrons. The number of amides is 1. The number of nitrogens with zero attached hydrogens (tertiary/aromatic N) is 2. The Bertz CT molecular complexity index is 821. The first kappa shape index (κ1) is 21.0. The molecular formula is C22H26F2N2O3. The number of rotatable bonds is 8. The van der Waals surface area contributed by atoms with Gasteiger partial charge in [0, 0.05) is 31.7 Å². The van der Waals surface area contributed by atoms with Crippen molar-refractivity contribution in [3.8, 4) is 11.5 Å². The number of alkyl halides is 2. The van der Waals surface area contributed by atoms with Crippen molar-refractivity contribution in [2.45, 2.75) is 32.5 Å². The van der Waals surface area contributed by atoms with Crippen molar-refractivity contribution in [1.82, 2.24) is 9.80 Å². The number of likely N-dealkylation sites (tertiary alicyclic amines) is 1. The highest BCUT2D eigenvalue weighted by atomic mass is 19.3. The van der Waals surface area contributed by atoms with E-state index in [1.165, 1.54) is 13.2 Å². The van der Waals surface area contributed by atoms with Gasteiger partial charge in [0.25, 0.3) is 5.91 Å². The maximum absolute atomic E-state index is 12.4. The Morgan fingerprint density at radius 1 is 1.03 bits per heavy atom. The summed E-state index contributed by atoms with van der Waals surface area (Å²) in [4.78, 5) is 16.4. The topological polar surface area (TPSA) is 42.0 Å².